The maximum absolute atomic E-state index is 14.8. The molecule has 1 saturated heterocycles. The predicted molar refractivity (Wildman–Crippen MR) is 137 cm³/mol. The summed E-state index contributed by atoms with van der Waals surface area (Å²) in [5.41, 5.74) is -0.573. The van der Waals surface area contributed by atoms with Crippen molar-refractivity contribution in [3.63, 3.8) is 0 Å². The molecule has 1 N–H and O–H groups in total. The van der Waals surface area contributed by atoms with Crippen LogP contribution in [0.2, 0.25) is 5.02 Å². The van der Waals surface area contributed by atoms with Crippen LogP contribution in [0, 0.1) is 0 Å². The molecule has 9 nitrogen and oxygen atoms in total. The van der Waals surface area contributed by atoms with Crippen LogP contribution in [0.4, 0.5) is 10.1 Å². The summed E-state index contributed by atoms with van der Waals surface area (Å²) in [6.07, 6.45) is 6.95. The lowest BCUT2D eigenvalue weighted by Gasteiger charge is -2.29. The van der Waals surface area contributed by atoms with Crippen molar-refractivity contribution in [3.05, 3.63) is 63.7 Å². The highest BCUT2D eigenvalue weighted by atomic mass is 35.5. The number of pyridine rings is 1. The first-order valence-electron chi connectivity index (χ1n) is 11.9. The molecule has 1 aliphatic carbocycles. The number of halogens is 2. The molecule has 196 valence electrons. The Morgan fingerprint density at radius 1 is 1.27 bits per heavy atom. The average molecular weight is 549 g/mol. The molecule has 2 aromatic heterocycles. The van der Waals surface area contributed by atoms with Gasteiger partial charge in [0.05, 0.1) is 36.9 Å². The smallest absolute Gasteiger partial charge is 0.292 e. The van der Waals surface area contributed by atoms with E-state index in [1.165, 1.54) is 18.5 Å². The average Bonchev–Trinajstić information content (AvgIpc) is 3.71. The van der Waals surface area contributed by atoms with Gasteiger partial charge in [0, 0.05) is 18.9 Å². The molecule has 0 bridgehead atoms. The zero-order valence-corrected chi connectivity index (χ0v) is 21.7. The molecule has 1 atom stereocenters. The molecule has 0 unspecified atom stereocenters. The second-order valence-electron chi connectivity index (χ2n) is 9.46. The lowest BCUT2D eigenvalue weighted by molar-refractivity contribution is -0.0234. The van der Waals surface area contributed by atoms with E-state index in [1.807, 2.05) is 6.07 Å². The molecular weight excluding hydrogens is 523 g/mol. The SMILES string of the molecule is CS(=O)(=O)c1ccc(C2CC2)cc1Oc1ccc(-n2ncc(NC[C@@]3(F)CCCOC3)c(Cl)c2=O)cn1. The van der Waals surface area contributed by atoms with Crippen LogP contribution in [0.15, 0.2) is 52.4 Å². The van der Waals surface area contributed by atoms with Crippen molar-refractivity contribution in [3.8, 4) is 17.3 Å². The van der Waals surface area contributed by atoms with Gasteiger partial charge in [-0.25, -0.2) is 17.8 Å². The van der Waals surface area contributed by atoms with Crippen molar-refractivity contribution >= 4 is 27.1 Å². The minimum atomic E-state index is -3.52. The summed E-state index contributed by atoms with van der Waals surface area (Å²) in [4.78, 5) is 17.1. The van der Waals surface area contributed by atoms with E-state index in [2.05, 4.69) is 15.4 Å². The molecule has 1 saturated carbocycles. The van der Waals surface area contributed by atoms with Crippen molar-refractivity contribution in [2.45, 2.75) is 42.2 Å². The molecular formula is C25H26ClFN4O5S. The Morgan fingerprint density at radius 3 is 2.73 bits per heavy atom. The van der Waals surface area contributed by atoms with E-state index in [1.54, 1.807) is 18.2 Å². The monoisotopic (exact) mass is 548 g/mol. The lowest BCUT2D eigenvalue weighted by Crippen LogP contribution is -2.40. The zero-order chi connectivity index (χ0) is 26.2. The molecule has 1 aromatic carbocycles. The first kappa shape index (κ1) is 25.6. The van der Waals surface area contributed by atoms with E-state index in [4.69, 9.17) is 21.1 Å². The summed E-state index contributed by atoms with van der Waals surface area (Å²) in [6, 6.07) is 8.17. The molecule has 12 heteroatoms. The van der Waals surface area contributed by atoms with Gasteiger partial charge in [0.2, 0.25) is 5.88 Å². The number of nitrogens with zero attached hydrogens (tertiary/aromatic N) is 3. The van der Waals surface area contributed by atoms with Crippen LogP contribution in [-0.4, -0.2) is 54.9 Å². The fourth-order valence-electron chi connectivity index (χ4n) is 4.20. The Balaban J connectivity index is 1.34. The van der Waals surface area contributed by atoms with Gasteiger partial charge in [-0.3, -0.25) is 4.79 Å². The summed E-state index contributed by atoms with van der Waals surface area (Å²) in [7, 11) is -3.52. The standard InChI is InChI=1S/C25H26ClFN4O5S/c1-37(33,34)21-7-5-17(16-3-4-16)11-20(21)36-22-8-6-18(12-28-22)31-24(32)23(26)19(13-30-31)29-14-25(27)9-2-10-35-15-25/h5-8,11-13,16,29H,2-4,9-10,14-15H2,1H3/t25-/m0/s1. The van der Waals surface area contributed by atoms with Gasteiger partial charge in [-0.15, -0.1) is 0 Å². The topological polar surface area (TPSA) is 112 Å². The van der Waals surface area contributed by atoms with Crippen LogP contribution in [0.5, 0.6) is 11.6 Å². The Hall–Kier alpha value is -3.02. The molecule has 5 rings (SSSR count). The summed E-state index contributed by atoms with van der Waals surface area (Å²) < 4.78 is 51.4. The normalized spacial score (nSPS) is 20.0. The van der Waals surface area contributed by atoms with E-state index in [-0.39, 0.29) is 40.4 Å². The molecule has 3 heterocycles. The van der Waals surface area contributed by atoms with E-state index in [0.29, 0.717) is 31.1 Å². The highest BCUT2D eigenvalue weighted by molar-refractivity contribution is 7.90. The summed E-state index contributed by atoms with van der Waals surface area (Å²) in [5.74, 6) is 0.773. The first-order chi connectivity index (χ1) is 17.6. The fraction of sp³-hybridized carbons (Fsp3) is 0.400. The maximum atomic E-state index is 14.8. The quantitative estimate of drug-likeness (QED) is 0.444. The van der Waals surface area contributed by atoms with Crippen LogP contribution >= 0.6 is 11.6 Å². The van der Waals surface area contributed by atoms with Crippen molar-refractivity contribution in [2.75, 3.05) is 31.3 Å². The molecule has 37 heavy (non-hydrogen) atoms. The zero-order valence-electron chi connectivity index (χ0n) is 20.1. The summed E-state index contributed by atoms with van der Waals surface area (Å²) in [6.45, 7) is 0.467. The van der Waals surface area contributed by atoms with Gasteiger partial charge >= 0.3 is 0 Å². The number of benzene rings is 1. The molecule has 3 aromatic rings. The largest absolute Gasteiger partial charge is 0.438 e. The van der Waals surface area contributed by atoms with Gasteiger partial charge in [-0.2, -0.15) is 9.78 Å². The van der Waals surface area contributed by atoms with Crippen LogP contribution in [0.1, 0.15) is 37.2 Å². The fourth-order valence-corrected chi connectivity index (χ4v) is 5.18. The molecule has 0 spiro atoms. The Morgan fingerprint density at radius 2 is 2.08 bits per heavy atom. The number of hydrogen-bond donors (Lipinski definition) is 1. The third-order valence-corrected chi connectivity index (χ3v) is 7.89. The Kier molecular flexibility index (Phi) is 6.95. The van der Waals surface area contributed by atoms with E-state index >= 15 is 0 Å². The van der Waals surface area contributed by atoms with Crippen LogP contribution in [0.25, 0.3) is 5.69 Å². The predicted octanol–water partition coefficient (Wildman–Crippen LogP) is 4.28. The van der Waals surface area contributed by atoms with Gasteiger partial charge in [0.25, 0.3) is 5.56 Å². The van der Waals surface area contributed by atoms with Crippen molar-refractivity contribution in [1.82, 2.24) is 14.8 Å². The summed E-state index contributed by atoms with van der Waals surface area (Å²) >= 11 is 6.26. The van der Waals surface area contributed by atoms with Gasteiger partial charge in [-0.05, 0) is 55.4 Å². The number of rotatable bonds is 8. The molecule has 2 aliphatic rings. The second kappa shape index (κ2) is 10.0. The van der Waals surface area contributed by atoms with Gasteiger partial charge in [0.15, 0.2) is 15.5 Å². The molecule has 0 radical (unpaired) electrons. The van der Waals surface area contributed by atoms with E-state index in [0.717, 1.165) is 29.3 Å². The van der Waals surface area contributed by atoms with Crippen molar-refractivity contribution < 1.29 is 22.3 Å². The van der Waals surface area contributed by atoms with Crippen molar-refractivity contribution in [1.29, 1.82) is 0 Å². The number of hydrogen-bond acceptors (Lipinski definition) is 8. The Labute approximate surface area is 218 Å². The number of nitrogens with one attached hydrogen (secondary N) is 1. The van der Waals surface area contributed by atoms with E-state index in [9.17, 15) is 17.6 Å². The van der Waals surface area contributed by atoms with Crippen molar-refractivity contribution in [2.24, 2.45) is 0 Å². The number of sulfone groups is 1. The summed E-state index contributed by atoms with van der Waals surface area (Å²) in [5, 5.41) is 6.87. The molecule has 0 amide bonds. The third kappa shape index (κ3) is 5.78. The second-order valence-corrected chi connectivity index (χ2v) is 11.8. The number of ether oxygens (including phenoxy) is 2. The maximum Gasteiger partial charge on any atom is 0.292 e. The number of aromatic nitrogens is 3. The minimum absolute atomic E-state index is 0.0151. The highest BCUT2D eigenvalue weighted by Crippen LogP contribution is 2.42. The number of alkyl halides is 1. The molecule has 1 aliphatic heterocycles. The van der Waals surface area contributed by atoms with Gasteiger partial charge < -0.3 is 14.8 Å². The van der Waals surface area contributed by atoms with Crippen LogP contribution in [-0.2, 0) is 14.6 Å². The minimum Gasteiger partial charge on any atom is -0.438 e. The van der Waals surface area contributed by atoms with Crippen LogP contribution in [0.3, 0.4) is 0 Å². The lowest BCUT2D eigenvalue weighted by atomic mass is 9.99. The Bertz CT molecular complexity index is 1470. The third-order valence-electron chi connectivity index (χ3n) is 6.38. The van der Waals surface area contributed by atoms with E-state index < -0.39 is 21.1 Å². The number of anilines is 1. The van der Waals surface area contributed by atoms with Gasteiger partial charge in [0.1, 0.15) is 15.7 Å². The molecule has 2 fully saturated rings. The highest BCUT2D eigenvalue weighted by Gasteiger charge is 2.33. The van der Waals surface area contributed by atoms with Gasteiger partial charge in [-0.1, -0.05) is 17.7 Å². The first-order valence-corrected chi connectivity index (χ1v) is 14.2. The van der Waals surface area contributed by atoms with Crippen LogP contribution < -0.4 is 15.6 Å².